The fourth-order valence-electron chi connectivity index (χ4n) is 3.28. The van der Waals surface area contributed by atoms with Gasteiger partial charge >= 0.3 is 0 Å². The Morgan fingerprint density at radius 2 is 1.82 bits per heavy atom. The number of aryl methyl sites for hydroxylation is 1. The van der Waals surface area contributed by atoms with Gasteiger partial charge in [0.2, 0.25) is 5.28 Å². The zero-order valence-corrected chi connectivity index (χ0v) is 12.8. The maximum Gasteiger partial charge on any atom is 0.223 e. The fourth-order valence-corrected chi connectivity index (χ4v) is 3.46. The van der Waals surface area contributed by atoms with Gasteiger partial charge in [-0.1, -0.05) is 24.3 Å². The number of phenolic OH excluding ortho intramolecular Hbond substituents is 1. The molecule has 0 aliphatic heterocycles. The van der Waals surface area contributed by atoms with Gasteiger partial charge in [0.05, 0.1) is 5.69 Å². The molecule has 1 aliphatic carbocycles. The Morgan fingerprint density at radius 3 is 2.73 bits per heavy atom. The van der Waals surface area contributed by atoms with Gasteiger partial charge in [-0.3, -0.25) is 0 Å². The van der Waals surface area contributed by atoms with Crippen LogP contribution in [-0.4, -0.2) is 15.1 Å². The van der Waals surface area contributed by atoms with Gasteiger partial charge < -0.3 is 5.11 Å². The second-order valence-electron chi connectivity index (χ2n) is 5.69. The molecule has 0 amide bonds. The van der Waals surface area contributed by atoms with Gasteiger partial charge in [-0.25, -0.2) is 9.97 Å². The first-order chi connectivity index (χ1) is 10.7. The zero-order valence-electron chi connectivity index (χ0n) is 12.0. The van der Waals surface area contributed by atoms with Crippen molar-refractivity contribution in [3.05, 3.63) is 52.9 Å². The third-order valence-corrected chi connectivity index (χ3v) is 4.43. The van der Waals surface area contributed by atoms with E-state index in [-0.39, 0.29) is 11.0 Å². The van der Waals surface area contributed by atoms with Crippen LogP contribution < -0.4 is 0 Å². The number of hydrogen-bond acceptors (Lipinski definition) is 3. The summed E-state index contributed by atoms with van der Waals surface area (Å²) in [6.45, 7) is 0. The smallest absolute Gasteiger partial charge is 0.223 e. The summed E-state index contributed by atoms with van der Waals surface area (Å²) in [6.07, 6.45) is 4.19. The van der Waals surface area contributed by atoms with E-state index in [0.717, 1.165) is 53.4 Å². The predicted octanol–water partition coefficient (Wildman–Crippen LogP) is 4.53. The maximum atomic E-state index is 10.1. The average molecular weight is 311 g/mol. The molecule has 2 aromatic carbocycles. The summed E-state index contributed by atoms with van der Waals surface area (Å²) < 4.78 is 0. The topological polar surface area (TPSA) is 46.0 Å². The first-order valence-electron chi connectivity index (χ1n) is 7.50. The highest BCUT2D eigenvalue weighted by Crippen LogP contribution is 2.36. The van der Waals surface area contributed by atoms with Crippen molar-refractivity contribution < 1.29 is 5.11 Å². The van der Waals surface area contributed by atoms with E-state index < -0.39 is 0 Å². The van der Waals surface area contributed by atoms with Gasteiger partial charge in [-0.2, -0.15) is 0 Å². The van der Waals surface area contributed by atoms with Crippen LogP contribution in [0.4, 0.5) is 0 Å². The number of nitrogens with zero attached hydrogens (tertiary/aromatic N) is 2. The number of aromatic hydroxyl groups is 1. The maximum absolute atomic E-state index is 10.1. The summed E-state index contributed by atoms with van der Waals surface area (Å²) >= 11 is 6.14. The third-order valence-electron chi connectivity index (χ3n) is 4.26. The number of phenols is 1. The van der Waals surface area contributed by atoms with Gasteiger partial charge in [0.1, 0.15) is 5.75 Å². The molecule has 0 spiro atoms. The lowest BCUT2D eigenvalue weighted by atomic mass is 9.90. The lowest BCUT2D eigenvalue weighted by Crippen LogP contribution is -2.09. The van der Waals surface area contributed by atoms with Crippen molar-refractivity contribution in [2.45, 2.75) is 25.7 Å². The average Bonchev–Trinajstić information content (AvgIpc) is 2.53. The molecule has 0 saturated heterocycles. The summed E-state index contributed by atoms with van der Waals surface area (Å²) in [5.74, 6) is 0.244. The summed E-state index contributed by atoms with van der Waals surface area (Å²) in [6, 6.07) is 11.6. The second kappa shape index (κ2) is 5.25. The highest BCUT2D eigenvalue weighted by Gasteiger charge is 2.20. The molecular weight excluding hydrogens is 296 g/mol. The molecule has 0 radical (unpaired) electrons. The Hall–Kier alpha value is -2.13. The van der Waals surface area contributed by atoms with Gasteiger partial charge in [-0.15, -0.1) is 0 Å². The van der Waals surface area contributed by atoms with Crippen LogP contribution >= 0.6 is 11.6 Å². The van der Waals surface area contributed by atoms with Crippen LogP contribution in [0, 0.1) is 0 Å². The van der Waals surface area contributed by atoms with E-state index in [1.165, 1.54) is 5.56 Å². The lowest BCUT2D eigenvalue weighted by Gasteiger charge is -2.19. The summed E-state index contributed by atoms with van der Waals surface area (Å²) in [7, 11) is 0. The molecule has 1 aliphatic rings. The lowest BCUT2D eigenvalue weighted by molar-refractivity contribution is 0.476. The SMILES string of the molecule is Oc1cc(-c2nc(Cl)nc3c2CCCC3)c2ccccc2c1. The Balaban J connectivity index is 2.05. The predicted molar refractivity (Wildman–Crippen MR) is 88.3 cm³/mol. The quantitative estimate of drug-likeness (QED) is 0.671. The zero-order chi connectivity index (χ0) is 15.1. The highest BCUT2D eigenvalue weighted by molar-refractivity contribution is 6.28. The first-order valence-corrected chi connectivity index (χ1v) is 7.87. The number of rotatable bonds is 1. The molecular formula is C18H15ClN2O. The van der Waals surface area contributed by atoms with E-state index >= 15 is 0 Å². The van der Waals surface area contributed by atoms with E-state index in [2.05, 4.69) is 16.0 Å². The number of aromatic nitrogens is 2. The molecule has 1 heterocycles. The standard InChI is InChI=1S/C18H15ClN2O/c19-18-20-16-8-4-3-7-14(16)17(21-18)15-10-12(22)9-11-5-1-2-6-13(11)15/h1-2,5-6,9-10,22H,3-4,7-8H2. The Labute approximate surface area is 133 Å². The van der Waals surface area contributed by atoms with Gasteiger partial charge in [0.15, 0.2) is 0 Å². The van der Waals surface area contributed by atoms with Crippen LogP contribution in [0.2, 0.25) is 5.28 Å². The first kappa shape index (κ1) is 13.5. The van der Waals surface area contributed by atoms with Crippen LogP contribution in [0.1, 0.15) is 24.1 Å². The molecule has 1 N–H and O–H groups in total. The monoisotopic (exact) mass is 310 g/mol. The van der Waals surface area contributed by atoms with Crippen molar-refractivity contribution in [3.8, 4) is 17.0 Å². The molecule has 3 nitrogen and oxygen atoms in total. The van der Waals surface area contributed by atoms with Crippen molar-refractivity contribution in [1.82, 2.24) is 9.97 Å². The van der Waals surface area contributed by atoms with E-state index in [1.54, 1.807) is 12.1 Å². The van der Waals surface area contributed by atoms with E-state index in [0.29, 0.717) is 0 Å². The van der Waals surface area contributed by atoms with Gasteiger partial charge in [-0.05, 0) is 60.2 Å². The minimum Gasteiger partial charge on any atom is -0.508 e. The molecule has 0 unspecified atom stereocenters. The van der Waals surface area contributed by atoms with E-state index in [9.17, 15) is 5.11 Å². The summed E-state index contributed by atoms with van der Waals surface area (Å²) in [5.41, 5.74) is 4.01. The van der Waals surface area contributed by atoms with Crippen molar-refractivity contribution in [2.24, 2.45) is 0 Å². The van der Waals surface area contributed by atoms with E-state index in [1.807, 2.05) is 18.2 Å². The Bertz CT molecular complexity index is 876. The minimum atomic E-state index is 0.244. The van der Waals surface area contributed by atoms with Crippen molar-refractivity contribution in [1.29, 1.82) is 0 Å². The normalized spacial score (nSPS) is 14.0. The van der Waals surface area contributed by atoms with Gasteiger partial charge in [0, 0.05) is 16.8 Å². The Morgan fingerprint density at radius 1 is 1.00 bits per heavy atom. The molecule has 0 atom stereocenters. The molecule has 1 aromatic heterocycles. The molecule has 0 saturated carbocycles. The molecule has 0 bridgehead atoms. The molecule has 22 heavy (non-hydrogen) atoms. The number of benzene rings is 2. The Kier molecular flexibility index (Phi) is 3.23. The van der Waals surface area contributed by atoms with Crippen LogP contribution in [0.15, 0.2) is 36.4 Å². The van der Waals surface area contributed by atoms with Crippen LogP contribution in [0.5, 0.6) is 5.75 Å². The van der Waals surface area contributed by atoms with Crippen molar-refractivity contribution in [3.63, 3.8) is 0 Å². The number of halogens is 1. The van der Waals surface area contributed by atoms with Crippen LogP contribution in [0.3, 0.4) is 0 Å². The van der Waals surface area contributed by atoms with Crippen molar-refractivity contribution >= 4 is 22.4 Å². The van der Waals surface area contributed by atoms with E-state index in [4.69, 9.17) is 11.6 Å². The minimum absolute atomic E-state index is 0.244. The third kappa shape index (κ3) is 2.22. The fraction of sp³-hybridized carbons (Fsp3) is 0.222. The highest BCUT2D eigenvalue weighted by atomic mass is 35.5. The van der Waals surface area contributed by atoms with Crippen molar-refractivity contribution in [2.75, 3.05) is 0 Å². The van der Waals surface area contributed by atoms with Crippen LogP contribution in [0.25, 0.3) is 22.0 Å². The van der Waals surface area contributed by atoms with Crippen LogP contribution in [-0.2, 0) is 12.8 Å². The number of fused-ring (bicyclic) bond motifs is 2. The molecule has 4 rings (SSSR count). The molecule has 4 heteroatoms. The number of hydrogen-bond donors (Lipinski definition) is 1. The largest absolute Gasteiger partial charge is 0.508 e. The summed E-state index contributed by atoms with van der Waals surface area (Å²) in [5, 5.41) is 12.4. The second-order valence-corrected chi connectivity index (χ2v) is 6.03. The molecule has 110 valence electrons. The molecule has 0 fully saturated rings. The van der Waals surface area contributed by atoms with Gasteiger partial charge in [0.25, 0.3) is 0 Å². The summed E-state index contributed by atoms with van der Waals surface area (Å²) in [4.78, 5) is 8.89. The molecule has 3 aromatic rings.